The first-order valence-electron chi connectivity index (χ1n) is 12.8. The maximum Gasteiger partial charge on any atom is 0.241 e. The number of carbonyl (C=O) groups is 2. The maximum atomic E-state index is 13.6. The quantitative estimate of drug-likeness (QED) is 0.284. The Bertz CT molecular complexity index is 1350. The van der Waals surface area contributed by atoms with Crippen LogP contribution in [0.5, 0.6) is 0 Å². The number of sulfonamides is 2. The van der Waals surface area contributed by atoms with Gasteiger partial charge in [0.05, 0.1) is 12.0 Å². The number of piperazine rings is 1. The van der Waals surface area contributed by atoms with E-state index in [4.69, 9.17) is 11.1 Å². The number of Topliss-reactive ketones (excluding diaryl/α,β-unsaturated/α-hetero) is 1. The summed E-state index contributed by atoms with van der Waals surface area (Å²) in [4.78, 5) is 28.1. The average Bonchev–Trinajstić information content (AvgIpc) is 3.17. The van der Waals surface area contributed by atoms with Gasteiger partial charge in [0, 0.05) is 43.6 Å². The molecule has 38 heavy (non-hydrogen) atoms. The van der Waals surface area contributed by atoms with Crippen LogP contribution >= 0.6 is 0 Å². The van der Waals surface area contributed by atoms with Crippen LogP contribution in [0.3, 0.4) is 0 Å². The van der Waals surface area contributed by atoms with Crippen molar-refractivity contribution in [2.75, 3.05) is 38.2 Å². The molecule has 11 nitrogen and oxygen atoms in total. The predicted molar refractivity (Wildman–Crippen MR) is 143 cm³/mol. The summed E-state index contributed by atoms with van der Waals surface area (Å²) in [6, 6.07) is 5.54. The zero-order chi connectivity index (χ0) is 28.1. The van der Waals surface area contributed by atoms with Gasteiger partial charge in [-0.05, 0) is 42.2 Å². The Labute approximate surface area is 224 Å². The molecule has 210 valence electrons. The van der Waals surface area contributed by atoms with Gasteiger partial charge >= 0.3 is 0 Å². The van der Waals surface area contributed by atoms with E-state index in [1.54, 1.807) is 24.3 Å². The number of fused-ring (bicyclic) bond motifs is 2. The highest BCUT2D eigenvalue weighted by molar-refractivity contribution is 7.89. The lowest BCUT2D eigenvalue weighted by Crippen LogP contribution is -2.57. The number of amides is 1. The van der Waals surface area contributed by atoms with E-state index in [1.165, 1.54) is 9.21 Å². The standard InChI is InChI=1S/C25H37N5O6S2/c1-24(2)19-7-8-25(24,21(31)15-19)16-38(35,36)28-20(14-17-5-4-6-18(13-17)22(26)27)23(32)29-9-11-30(12-10-29)37(3,33)34/h4-6,13,19-20,28H,7-12,14-16H2,1-3H3,(H3,26,27)/t19-,20-,25-/m1/s1. The van der Waals surface area contributed by atoms with Crippen LogP contribution in [0.1, 0.15) is 44.2 Å². The molecule has 1 heterocycles. The largest absolute Gasteiger partial charge is 0.384 e. The lowest BCUT2D eigenvalue weighted by Gasteiger charge is -2.37. The predicted octanol–water partition coefficient (Wildman–Crippen LogP) is 0.300. The Hall–Kier alpha value is -2.35. The summed E-state index contributed by atoms with van der Waals surface area (Å²) in [6.45, 7) is 4.43. The van der Waals surface area contributed by atoms with E-state index in [0.29, 0.717) is 24.0 Å². The summed E-state index contributed by atoms with van der Waals surface area (Å²) in [6.07, 6.45) is 2.82. The van der Waals surface area contributed by atoms with Crippen molar-refractivity contribution in [1.82, 2.24) is 13.9 Å². The van der Waals surface area contributed by atoms with Gasteiger partial charge in [-0.1, -0.05) is 32.0 Å². The number of nitrogens with two attached hydrogens (primary N) is 1. The molecule has 2 bridgehead atoms. The second-order valence-electron chi connectivity index (χ2n) is 11.4. The van der Waals surface area contributed by atoms with E-state index in [0.717, 1.165) is 12.7 Å². The van der Waals surface area contributed by atoms with Crippen LogP contribution in [0.2, 0.25) is 0 Å². The normalized spacial score (nSPS) is 26.4. The van der Waals surface area contributed by atoms with E-state index >= 15 is 0 Å². The summed E-state index contributed by atoms with van der Waals surface area (Å²) in [5.41, 5.74) is 5.25. The van der Waals surface area contributed by atoms with Gasteiger partial charge in [0.15, 0.2) is 0 Å². The lowest BCUT2D eigenvalue weighted by molar-refractivity contribution is -0.134. The minimum absolute atomic E-state index is 0.0123. The summed E-state index contributed by atoms with van der Waals surface area (Å²) in [5.74, 6) is -0.861. The second kappa shape index (κ2) is 10.00. The Morgan fingerprint density at radius 3 is 2.37 bits per heavy atom. The molecule has 4 N–H and O–H groups in total. The van der Waals surface area contributed by atoms with Crippen LogP contribution in [0.15, 0.2) is 24.3 Å². The van der Waals surface area contributed by atoms with Crippen molar-refractivity contribution in [3.05, 3.63) is 35.4 Å². The smallest absolute Gasteiger partial charge is 0.241 e. The van der Waals surface area contributed by atoms with Gasteiger partial charge in [-0.25, -0.2) is 21.6 Å². The molecule has 0 spiro atoms. The van der Waals surface area contributed by atoms with E-state index in [9.17, 15) is 26.4 Å². The highest BCUT2D eigenvalue weighted by Gasteiger charge is 2.65. The van der Waals surface area contributed by atoms with Crippen molar-refractivity contribution in [2.45, 2.75) is 45.6 Å². The summed E-state index contributed by atoms with van der Waals surface area (Å²) in [7, 11) is -7.47. The van der Waals surface area contributed by atoms with Crippen LogP contribution in [-0.2, 0) is 36.1 Å². The van der Waals surface area contributed by atoms with Gasteiger partial charge in [0.1, 0.15) is 17.7 Å². The first-order valence-corrected chi connectivity index (χ1v) is 16.3. The zero-order valence-electron chi connectivity index (χ0n) is 22.1. The van der Waals surface area contributed by atoms with Crippen LogP contribution in [-0.4, -0.2) is 87.8 Å². The first kappa shape index (κ1) is 28.7. The molecule has 2 saturated carbocycles. The van der Waals surface area contributed by atoms with Crippen molar-refractivity contribution in [3.8, 4) is 0 Å². The average molecular weight is 568 g/mol. The minimum Gasteiger partial charge on any atom is -0.384 e. The number of hydrogen-bond acceptors (Lipinski definition) is 7. The third-order valence-electron chi connectivity index (χ3n) is 8.89. The van der Waals surface area contributed by atoms with Gasteiger partial charge in [-0.2, -0.15) is 4.31 Å². The number of carbonyl (C=O) groups excluding carboxylic acids is 2. The lowest BCUT2D eigenvalue weighted by atomic mass is 9.70. The van der Waals surface area contributed by atoms with Crippen molar-refractivity contribution >= 4 is 37.6 Å². The van der Waals surface area contributed by atoms with Gasteiger partial charge in [-0.15, -0.1) is 0 Å². The highest BCUT2D eigenvalue weighted by Crippen LogP contribution is 2.64. The fourth-order valence-electron chi connectivity index (χ4n) is 6.43. The van der Waals surface area contributed by atoms with Crippen LogP contribution in [0.4, 0.5) is 0 Å². The molecule has 4 rings (SSSR count). The number of ketones is 1. The molecule has 13 heteroatoms. The molecule has 1 aliphatic heterocycles. The van der Waals surface area contributed by atoms with E-state index < -0.39 is 42.8 Å². The van der Waals surface area contributed by atoms with Crippen molar-refractivity contribution < 1.29 is 26.4 Å². The maximum absolute atomic E-state index is 13.6. The molecular formula is C25H37N5O6S2. The van der Waals surface area contributed by atoms with Crippen molar-refractivity contribution in [1.29, 1.82) is 5.41 Å². The SMILES string of the molecule is CC1(C)[C@@H]2CC[C@@]1(CS(=O)(=O)N[C@H](Cc1cccc(C(=N)N)c1)C(=O)N1CCN(S(C)(=O)=O)CC1)C(=O)C2. The van der Waals surface area contributed by atoms with Gasteiger partial charge < -0.3 is 10.6 Å². The number of rotatable bonds is 9. The van der Waals surface area contributed by atoms with E-state index in [1.807, 2.05) is 13.8 Å². The molecule has 1 amide bonds. The number of nitrogen functional groups attached to an aromatic ring is 1. The fraction of sp³-hybridized carbons (Fsp3) is 0.640. The van der Waals surface area contributed by atoms with Crippen LogP contribution in [0, 0.1) is 22.2 Å². The number of benzene rings is 1. The second-order valence-corrected chi connectivity index (χ2v) is 15.1. The molecule has 1 aromatic rings. The molecule has 3 aliphatic rings. The third kappa shape index (κ3) is 5.38. The fourth-order valence-corrected chi connectivity index (χ4v) is 9.29. The molecule has 2 aliphatic carbocycles. The molecule has 0 unspecified atom stereocenters. The van der Waals surface area contributed by atoms with Gasteiger partial charge in [0.25, 0.3) is 0 Å². The Morgan fingerprint density at radius 1 is 1.18 bits per heavy atom. The Balaban J connectivity index is 1.58. The monoisotopic (exact) mass is 567 g/mol. The van der Waals surface area contributed by atoms with Gasteiger partial charge in [0.2, 0.25) is 26.0 Å². The summed E-state index contributed by atoms with van der Waals surface area (Å²) < 4.78 is 54.8. The number of hydrogen-bond donors (Lipinski definition) is 3. The van der Waals surface area contributed by atoms with Gasteiger partial charge in [-0.3, -0.25) is 15.0 Å². The third-order valence-corrected chi connectivity index (χ3v) is 11.7. The van der Waals surface area contributed by atoms with E-state index in [-0.39, 0.29) is 55.9 Å². The molecule has 1 aromatic carbocycles. The summed E-state index contributed by atoms with van der Waals surface area (Å²) >= 11 is 0. The first-order chi connectivity index (χ1) is 17.6. The zero-order valence-corrected chi connectivity index (χ0v) is 23.7. The molecule has 1 saturated heterocycles. The number of amidine groups is 1. The molecule has 3 atom stereocenters. The number of nitrogens with zero attached hydrogens (tertiary/aromatic N) is 2. The molecule has 0 aromatic heterocycles. The Morgan fingerprint density at radius 2 is 1.84 bits per heavy atom. The van der Waals surface area contributed by atoms with Crippen LogP contribution in [0.25, 0.3) is 0 Å². The highest BCUT2D eigenvalue weighted by atomic mass is 32.2. The topological polar surface area (TPSA) is 171 Å². The van der Waals surface area contributed by atoms with Crippen LogP contribution < -0.4 is 10.5 Å². The van der Waals surface area contributed by atoms with Crippen molar-refractivity contribution in [3.63, 3.8) is 0 Å². The Kier molecular flexibility index (Phi) is 7.54. The van der Waals surface area contributed by atoms with Crippen molar-refractivity contribution in [2.24, 2.45) is 22.5 Å². The summed E-state index contributed by atoms with van der Waals surface area (Å²) in [5, 5.41) is 7.71. The molecule has 3 fully saturated rings. The molecular weight excluding hydrogens is 530 g/mol. The minimum atomic E-state index is -4.07. The number of nitrogens with one attached hydrogen (secondary N) is 2. The molecule has 0 radical (unpaired) electrons. The van der Waals surface area contributed by atoms with E-state index in [2.05, 4.69) is 4.72 Å².